The third-order valence-corrected chi connectivity index (χ3v) is 3.21. The summed E-state index contributed by atoms with van der Waals surface area (Å²) in [5.41, 5.74) is 1.23. The number of ether oxygens (including phenoxy) is 1. The number of fused-ring (bicyclic) bond motifs is 1. The highest BCUT2D eigenvalue weighted by Gasteiger charge is 2.18. The summed E-state index contributed by atoms with van der Waals surface area (Å²) in [5.74, 6) is -0.0213. The van der Waals surface area contributed by atoms with Gasteiger partial charge in [0.05, 0.1) is 12.6 Å². The molecule has 0 aromatic heterocycles. The Bertz CT molecular complexity index is 579. The third kappa shape index (κ3) is 2.36. The summed E-state index contributed by atoms with van der Waals surface area (Å²) in [6.45, 7) is 0.785. The van der Waals surface area contributed by atoms with Crippen LogP contribution in [0.5, 0.6) is 0 Å². The third-order valence-electron chi connectivity index (χ3n) is 3.21. The van der Waals surface area contributed by atoms with Crippen LogP contribution in [0.3, 0.4) is 0 Å². The van der Waals surface area contributed by atoms with Gasteiger partial charge in [0.2, 0.25) is 5.91 Å². The van der Waals surface area contributed by atoms with Crippen molar-refractivity contribution < 1.29 is 9.53 Å². The van der Waals surface area contributed by atoms with E-state index in [0.717, 1.165) is 6.42 Å². The molecule has 0 bridgehead atoms. The standard InChI is InChI=1S/C15H15NO2/c17-15-10-18-9-14(16-15)8-11-5-6-12-3-1-2-4-13(12)7-11/h1-7,14H,8-10H2,(H,16,17). The second-order valence-electron chi connectivity index (χ2n) is 4.67. The zero-order valence-electron chi connectivity index (χ0n) is 10.1. The van der Waals surface area contributed by atoms with Crippen LogP contribution in [-0.2, 0) is 16.0 Å². The largest absolute Gasteiger partial charge is 0.369 e. The van der Waals surface area contributed by atoms with Crippen molar-refractivity contribution >= 4 is 16.7 Å². The molecule has 3 nitrogen and oxygen atoms in total. The summed E-state index contributed by atoms with van der Waals surface area (Å²) in [4.78, 5) is 11.2. The second-order valence-corrected chi connectivity index (χ2v) is 4.67. The lowest BCUT2D eigenvalue weighted by atomic mass is 10.0. The summed E-state index contributed by atoms with van der Waals surface area (Å²) >= 11 is 0. The van der Waals surface area contributed by atoms with Gasteiger partial charge in [-0.1, -0.05) is 42.5 Å². The Morgan fingerprint density at radius 2 is 2.00 bits per heavy atom. The number of amides is 1. The molecule has 18 heavy (non-hydrogen) atoms. The first-order chi connectivity index (χ1) is 8.81. The normalized spacial score (nSPS) is 19.8. The van der Waals surface area contributed by atoms with Gasteiger partial charge in [-0.05, 0) is 22.8 Å². The van der Waals surface area contributed by atoms with Crippen LogP contribution >= 0.6 is 0 Å². The Morgan fingerprint density at radius 1 is 1.17 bits per heavy atom. The maximum absolute atomic E-state index is 11.2. The van der Waals surface area contributed by atoms with E-state index in [1.165, 1.54) is 16.3 Å². The molecule has 0 saturated carbocycles. The maximum atomic E-state index is 11.2. The molecule has 1 aliphatic rings. The molecular formula is C15H15NO2. The van der Waals surface area contributed by atoms with Gasteiger partial charge in [-0.2, -0.15) is 0 Å². The van der Waals surface area contributed by atoms with E-state index in [4.69, 9.17) is 4.74 Å². The zero-order valence-corrected chi connectivity index (χ0v) is 10.1. The molecule has 2 aromatic rings. The average Bonchev–Trinajstić information content (AvgIpc) is 2.39. The van der Waals surface area contributed by atoms with Gasteiger partial charge >= 0.3 is 0 Å². The van der Waals surface area contributed by atoms with Gasteiger partial charge < -0.3 is 10.1 Å². The highest BCUT2D eigenvalue weighted by molar-refractivity contribution is 5.83. The molecule has 1 unspecified atom stereocenters. The number of benzene rings is 2. The van der Waals surface area contributed by atoms with Gasteiger partial charge in [-0.15, -0.1) is 0 Å². The molecule has 1 aliphatic heterocycles. The van der Waals surface area contributed by atoms with Crippen molar-refractivity contribution in [1.82, 2.24) is 5.32 Å². The predicted octanol–water partition coefficient (Wildman–Crippen LogP) is 1.90. The molecule has 0 radical (unpaired) electrons. The fourth-order valence-corrected chi connectivity index (χ4v) is 2.37. The number of carbonyl (C=O) groups excluding carboxylic acids is 1. The Labute approximate surface area is 106 Å². The molecular weight excluding hydrogens is 226 g/mol. The fraction of sp³-hybridized carbons (Fsp3) is 0.267. The van der Waals surface area contributed by atoms with Crippen molar-refractivity contribution in [3.8, 4) is 0 Å². The lowest BCUT2D eigenvalue weighted by molar-refractivity contribution is -0.131. The van der Waals surface area contributed by atoms with Gasteiger partial charge in [-0.3, -0.25) is 4.79 Å². The summed E-state index contributed by atoms with van der Waals surface area (Å²) in [6.07, 6.45) is 0.816. The quantitative estimate of drug-likeness (QED) is 0.872. The Kier molecular flexibility index (Phi) is 2.99. The van der Waals surface area contributed by atoms with E-state index in [9.17, 15) is 4.79 Å². The monoisotopic (exact) mass is 241 g/mol. The van der Waals surface area contributed by atoms with Crippen LogP contribution in [0, 0.1) is 0 Å². The smallest absolute Gasteiger partial charge is 0.246 e. The van der Waals surface area contributed by atoms with Crippen LogP contribution in [0.2, 0.25) is 0 Å². The first-order valence-electron chi connectivity index (χ1n) is 6.16. The Morgan fingerprint density at radius 3 is 2.83 bits per heavy atom. The number of morpholine rings is 1. The van der Waals surface area contributed by atoms with Crippen molar-refractivity contribution in [3.05, 3.63) is 48.0 Å². The number of nitrogens with one attached hydrogen (secondary N) is 1. The molecule has 1 saturated heterocycles. The zero-order chi connectivity index (χ0) is 12.4. The summed E-state index contributed by atoms with van der Waals surface area (Å²) in [7, 11) is 0. The van der Waals surface area contributed by atoms with Crippen LogP contribution in [0.15, 0.2) is 42.5 Å². The van der Waals surface area contributed by atoms with Crippen molar-refractivity contribution in [3.63, 3.8) is 0 Å². The molecule has 92 valence electrons. The van der Waals surface area contributed by atoms with Crippen LogP contribution in [0.1, 0.15) is 5.56 Å². The highest BCUT2D eigenvalue weighted by Crippen LogP contribution is 2.17. The van der Waals surface area contributed by atoms with Crippen LogP contribution in [0.4, 0.5) is 0 Å². The van der Waals surface area contributed by atoms with E-state index in [1.807, 2.05) is 12.1 Å². The minimum atomic E-state index is -0.0213. The number of hydrogen-bond donors (Lipinski definition) is 1. The lowest BCUT2D eigenvalue weighted by Crippen LogP contribution is -2.46. The minimum Gasteiger partial charge on any atom is -0.369 e. The highest BCUT2D eigenvalue weighted by atomic mass is 16.5. The number of carbonyl (C=O) groups is 1. The molecule has 1 amide bonds. The van der Waals surface area contributed by atoms with Crippen LogP contribution < -0.4 is 5.32 Å². The lowest BCUT2D eigenvalue weighted by Gasteiger charge is -2.23. The van der Waals surface area contributed by atoms with E-state index < -0.39 is 0 Å². The molecule has 1 atom stereocenters. The van der Waals surface area contributed by atoms with Crippen LogP contribution in [-0.4, -0.2) is 25.2 Å². The maximum Gasteiger partial charge on any atom is 0.246 e. The minimum absolute atomic E-state index is 0.0213. The average molecular weight is 241 g/mol. The Hall–Kier alpha value is -1.87. The van der Waals surface area contributed by atoms with Crippen molar-refractivity contribution in [1.29, 1.82) is 0 Å². The van der Waals surface area contributed by atoms with Crippen molar-refractivity contribution in [2.75, 3.05) is 13.2 Å². The van der Waals surface area contributed by atoms with Gasteiger partial charge in [0, 0.05) is 0 Å². The van der Waals surface area contributed by atoms with E-state index in [1.54, 1.807) is 0 Å². The van der Waals surface area contributed by atoms with E-state index in [2.05, 4.69) is 35.6 Å². The molecule has 3 rings (SSSR count). The molecule has 0 spiro atoms. The van der Waals surface area contributed by atoms with Gasteiger partial charge in [0.1, 0.15) is 6.61 Å². The summed E-state index contributed by atoms with van der Waals surface area (Å²) in [5, 5.41) is 5.42. The Balaban J connectivity index is 1.79. The van der Waals surface area contributed by atoms with E-state index >= 15 is 0 Å². The topological polar surface area (TPSA) is 38.3 Å². The first-order valence-corrected chi connectivity index (χ1v) is 6.16. The molecule has 1 N–H and O–H groups in total. The van der Waals surface area contributed by atoms with Gasteiger partial charge in [0.25, 0.3) is 0 Å². The van der Waals surface area contributed by atoms with Crippen molar-refractivity contribution in [2.45, 2.75) is 12.5 Å². The first kappa shape index (κ1) is 11.2. The predicted molar refractivity (Wildman–Crippen MR) is 70.4 cm³/mol. The molecule has 3 heteroatoms. The van der Waals surface area contributed by atoms with Crippen LogP contribution in [0.25, 0.3) is 10.8 Å². The summed E-state index contributed by atoms with van der Waals surface area (Å²) < 4.78 is 5.24. The van der Waals surface area contributed by atoms with E-state index in [-0.39, 0.29) is 18.6 Å². The number of hydrogen-bond acceptors (Lipinski definition) is 2. The number of rotatable bonds is 2. The molecule has 1 heterocycles. The molecule has 1 fully saturated rings. The van der Waals surface area contributed by atoms with Gasteiger partial charge in [-0.25, -0.2) is 0 Å². The summed E-state index contributed by atoms with van der Waals surface area (Å²) in [6, 6.07) is 14.8. The van der Waals surface area contributed by atoms with Gasteiger partial charge in [0.15, 0.2) is 0 Å². The van der Waals surface area contributed by atoms with E-state index in [0.29, 0.717) is 6.61 Å². The second kappa shape index (κ2) is 4.78. The SMILES string of the molecule is O=C1COCC(Cc2ccc3ccccc3c2)N1. The van der Waals surface area contributed by atoms with Crippen molar-refractivity contribution in [2.24, 2.45) is 0 Å². The fourth-order valence-electron chi connectivity index (χ4n) is 2.37. The molecule has 2 aromatic carbocycles. The molecule has 0 aliphatic carbocycles.